The summed E-state index contributed by atoms with van der Waals surface area (Å²) in [6, 6.07) is 7.76. The summed E-state index contributed by atoms with van der Waals surface area (Å²) < 4.78 is 0. The molecule has 2 aromatic heterocycles. The number of aromatic amines is 1. The Kier molecular flexibility index (Phi) is 4.55. The van der Waals surface area contributed by atoms with Gasteiger partial charge >= 0.3 is 0 Å². The van der Waals surface area contributed by atoms with Gasteiger partial charge in [-0.2, -0.15) is 0 Å². The number of nitrogens with one attached hydrogen (secondary N) is 1. The Bertz CT molecular complexity index is 1010. The highest BCUT2D eigenvalue weighted by molar-refractivity contribution is 5.81. The number of carbonyl (C=O) groups excluding carboxylic acids is 1. The van der Waals surface area contributed by atoms with Crippen LogP contribution in [0.5, 0.6) is 0 Å². The van der Waals surface area contributed by atoms with E-state index in [1.807, 2.05) is 30.3 Å². The van der Waals surface area contributed by atoms with Crippen LogP contribution in [0.2, 0.25) is 0 Å². The molecule has 0 spiro atoms. The monoisotopic (exact) mass is 371 g/mol. The number of nitrogens with two attached hydrogens (primary N) is 2. The Morgan fingerprint density at radius 2 is 2.15 bits per heavy atom. The molecule has 0 fully saturated rings. The Balaban J connectivity index is 0.00000225. The molecule has 0 radical (unpaired) electrons. The topological polar surface area (TPSA) is 127 Å². The van der Waals surface area contributed by atoms with Crippen molar-refractivity contribution in [1.29, 1.82) is 0 Å². The molecule has 1 aromatic carbocycles. The van der Waals surface area contributed by atoms with Crippen LogP contribution in [-0.4, -0.2) is 50.4 Å². The van der Waals surface area contributed by atoms with Gasteiger partial charge in [-0.3, -0.25) is 4.79 Å². The van der Waals surface area contributed by atoms with Crippen molar-refractivity contribution in [1.82, 2.24) is 24.8 Å². The van der Waals surface area contributed by atoms with Crippen LogP contribution in [0.4, 0.5) is 5.82 Å². The minimum atomic E-state index is 0. The third-order valence-corrected chi connectivity index (χ3v) is 4.66. The summed E-state index contributed by atoms with van der Waals surface area (Å²) in [4.78, 5) is 30.6. The second-order valence-corrected chi connectivity index (χ2v) is 6.45. The van der Waals surface area contributed by atoms with Crippen LogP contribution in [0, 0.1) is 0 Å². The Morgan fingerprint density at radius 3 is 2.89 bits per heavy atom. The number of carbonyl (C=O) groups is 1. The number of H-pyrrole nitrogens is 1. The summed E-state index contributed by atoms with van der Waals surface area (Å²) in [6.07, 6.45) is 4.78. The number of fused-ring (bicyclic) bond motifs is 1. The van der Waals surface area contributed by atoms with Crippen LogP contribution < -0.4 is 11.5 Å². The molecule has 3 heterocycles. The lowest BCUT2D eigenvalue weighted by atomic mass is 10.0. The smallest absolute Gasteiger partial charge is 0.224 e. The van der Waals surface area contributed by atoms with E-state index in [1.54, 1.807) is 11.1 Å². The van der Waals surface area contributed by atoms with Crippen LogP contribution in [0.1, 0.15) is 24.2 Å². The van der Waals surface area contributed by atoms with E-state index >= 15 is 0 Å². The molecule has 5 N–H and O–H groups in total. The van der Waals surface area contributed by atoms with Gasteiger partial charge < -0.3 is 21.4 Å². The molecule has 27 heavy (non-hydrogen) atoms. The second kappa shape index (κ2) is 7.16. The first kappa shape index (κ1) is 17.2. The standard InChI is InChI=1S/C19H21N7O.4H2/c20-8-5-16(27)26-9-6-12(7-10-26)15-11-22-18(21)17(23-15)19-24-13-3-1-2-4-14(13)25-19;;;;/h1-4,6,11H,5,7-10,20H2,(H2,21,22)(H,24,25);4*1H. The normalized spacial score (nSPS) is 14.4. The van der Waals surface area contributed by atoms with Crippen LogP contribution in [-0.2, 0) is 4.79 Å². The van der Waals surface area contributed by atoms with Gasteiger partial charge in [-0.15, -0.1) is 0 Å². The molecule has 1 amide bonds. The molecule has 0 saturated carbocycles. The molecule has 8 heteroatoms. The Morgan fingerprint density at radius 1 is 1.30 bits per heavy atom. The van der Waals surface area contributed by atoms with Gasteiger partial charge in [0.1, 0.15) is 5.69 Å². The van der Waals surface area contributed by atoms with Crippen molar-refractivity contribution < 1.29 is 10.5 Å². The fourth-order valence-electron chi connectivity index (χ4n) is 3.20. The molecule has 146 valence electrons. The van der Waals surface area contributed by atoms with Crippen molar-refractivity contribution in [3.63, 3.8) is 0 Å². The molecular weight excluding hydrogens is 342 g/mol. The number of nitrogen functional groups attached to an aromatic ring is 1. The van der Waals surface area contributed by atoms with E-state index < -0.39 is 0 Å². The fourth-order valence-corrected chi connectivity index (χ4v) is 3.20. The number of hydrogen-bond acceptors (Lipinski definition) is 6. The average Bonchev–Trinajstić information content (AvgIpc) is 3.12. The number of amides is 1. The van der Waals surface area contributed by atoms with Crippen LogP contribution in [0.3, 0.4) is 0 Å². The van der Waals surface area contributed by atoms with E-state index in [2.05, 4.69) is 15.0 Å². The van der Waals surface area contributed by atoms with Gasteiger partial charge in [0.25, 0.3) is 0 Å². The predicted molar refractivity (Wildman–Crippen MR) is 113 cm³/mol. The molecule has 1 aliphatic heterocycles. The highest BCUT2D eigenvalue weighted by Crippen LogP contribution is 2.26. The minimum absolute atomic E-state index is 0. The first-order valence-corrected chi connectivity index (χ1v) is 8.90. The molecule has 3 aromatic rings. The largest absolute Gasteiger partial charge is 0.382 e. The van der Waals surface area contributed by atoms with Gasteiger partial charge in [0, 0.05) is 31.8 Å². The lowest BCUT2D eigenvalue weighted by Gasteiger charge is -2.26. The maximum absolute atomic E-state index is 12.0. The summed E-state index contributed by atoms with van der Waals surface area (Å²) in [5, 5.41) is 0. The van der Waals surface area contributed by atoms with Crippen LogP contribution in [0.25, 0.3) is 28.1 Å². The Labute approximate surface area is 162 Å². The molecule has 8 nitrogen and oxygen atoms in total. The third kappa shape index (κ3) is 3.39. The molecular formula is C19H29N7O. The fraction of sp³-hybridized carbons (Fsp3) is 0.263. The summed E-state index contributed by atoms with van der Waals surface area (Å²) in [7, 11) is 0. The van der Waals surface area contributed by atoms with E-state index in [9.17, 15) is 4.79 Å². The van der Waals surface area contributed by atoms with Gasteiger partial charge in [-0.1, -0.05) is 18.2 Å². The molecule has 0 bridgehead atoms. The number of aromatic nitrogens is 4. The second-order valence-electron chi connectivity index (χ2n) is 6.45. The van der Waals surface area contributed by atoms with Gasteiger partial charge in [-0.25, -0.2) is 15.0 Å². The number of para-hydroxylation sites is 2. The molecule has 0 aliphatic carbocycles. The van der Waals surface area contributed by atoms with E-state index in [4.69, 9.17) is 16.5 Å². The summed E-state index contributed by atoms with van der Waals surface area (Å²) >= 11 is 0. The molecule has 0 saturated heterocycles. The molecule has 4 rings (SSSR count). The zero-order valence-corrected chi connectivity index (χ0v) is 14.9. The maximum Gasteiger partial charge on any atom is 0.224 e. The van der Waals surface area contributed by atoms with Crippen molar-refractivity contribution in [2.24, 2.45) is 5.73 Å². The third-order valence-electron chi connectivity index (χ3n) is 4.66. The molecule has 0 unspecified atom stereocenters. The highest BCUT2D eigenvalue weighted by atomic mass is 16.2. The van der Waals surface area contributed by atoms with Gasteiger partial charge in [-0.05, 0) is 24.1 Å². The number of anilines is 1. The zero-order chi connectivity index (χ0) is 18.8. The van der Waals surface area contributed by atoms with E-state index in [1.165, 1.54) is 0 Å². The summed E-state index contributed by atoms with van der Waals surface area (Å²) in [5.41, 5.74) is 15.6. The van der Waals surface area contributed by atoms with Crippen molar-refractivity contribution in [3.8, 4) is 11.5 Å². The van der Waals surface area contributed by atoms with Gasteiger partial charge in [0.2, 0.25) is 5.91 Å². The quantitative estimate of drug-likeness (QED) is 0.647. The highest BCUT2D eigenvalue weighted by Gasteiger charge is 2.19. The van der Waals surface area contributed by atoms with Crippen LogP contribution in [0.15, 0.2) is 36.5 Å². The number of imidazole rings is 1. The number of hydrogen-bond donors (Lipinski definition) is 3. The van der Waals surface area contributed by atoms with Crippen molar-refractivity contribution in [3.05, 3.63) is 42.2 Å². The number of nitrogens with zero attached hydrogens (tertiary/aromatic N) is 4. The molecule has 1 aliphatic rings. The van der Waals surface area contributed by atoms with Crippen molar-refractivity contribution in [2.45, 2.75) is 12.8 Å². The SMILES string of the molecule is NCCC(=O)N1CC=C(c2cnc(N)c(-c3nc4ccccc4[nH]3)n2)CC1.[HH].[HH].[HH].[HH]. The van der Waals surface area contributed by atoms with E-state index in [-0.39, 0.29) is 11.6 Å². The summed E-state index contributed by atoms with van der Waals surface area (Å²) in [6.45, 7) is 1.58. The van der Waals surface area contributed by atoms with Crippen LogP contribution >= 0.6 is 0 Å². The van der Waals surface area contributed by atoms with E-state index in [0.717, 1.165) is 22.3 Å². The Hall–Kier alpha value is -3.26. The lowest BCUT2D eigenvalue weighted by molar-refractivity contribution is -0.130. The first-order chi connectivity index (χ1) is 13.2. The zero-order valence-electron chi connectivity index (χ0n) is 14.9. The number of benzene rings is 1. The first-order valence-electron chi connectivity index (χ1n) is 8.90. The minimum Gasteiger partial charge on any atom is -0.382 e. The summed E-state index contributed by atoms with van der Waals surface area (Å²) in [5.74, 6) is 1.01. The predicted octanol–water partition coefficient (Wildman–Crippen LogP) is 2.55. The van der Waals surface area contributed by atoms with Crippen molar-refractivity contribution >= 4 is 28.3 Å². The molecule has 0 atom stereocenters. The lowest BCUT2D eigenvalue weighted by Crippen LogP contribution is -2.35. The number of rotatable bonds is 4. The van der Waals surface area contributed by atoms with Gasteiger partial charge in [0.05, 0.1) is 22.9 Å². The van der Waals surface area contributed by atoms with Crippen molar-refractivity contribution in [2.75, 3.05) is 25.4 Å². The van der Waals surface area contributed by atoms with E-state index in [0.29, 0.717) is 49.8 Å². The maximum atomic E-state index is 12.0. The van der Waals surface area contributed by atoms with Gasteiger partial charge in [0.15, 0.2) is 11.6 Å². The average molecular weight is 371 g/mol.